The third kappa shape index (κ3) is 15.0. The molecule has 9 heteroatoms. The van der Waals surface area contributed by atoms with Gasteiger partial charge in [0.05, 0.1) is 25.5 Å². The third-order valence-electron chi connectivity index (χ3n) is 5.64. The van der Waals surface area contributed by atoms with Gasteiger partial charge in [-0.1, -0.05) is 32.9 Å². The molecule has 8 nitrogen and oxygen atoms in total. The maximum atomic E-state index is 14.5. The number of rotatable bonds is 15. The fourth-order valence-electron chi connectivity index (χ4n) is 3.30. The summed E-state index contributed by atoms with van der Waals surface area (Å²) in [7, 11) is 5.14. The second kappa shape index (κ2) is 22.7. The lowest BCUT2D eigenvalue weighted by molar-refractivity contribution is 0.112. The molecule has 0 spiro atoms. The normalized spacial score (nSPS) is 10.9. The molecule has 2 rings (SSSR count). The van der Waals surface area contributed by atoms with E-state index in [0.717, 1.165) is 43.9 Å². The highest BCUT2D eigenvalue weighted by atomic mass is 19.1. The van der Waals surface area contributed by atoms with E-state index in [1.807, 2.05) is 44.0 Å². The molecule has 39 heavy (non-hydrogen) atoms. The van der Waals surface area contributed by atoms with Crippen LogP contribution in [0.3, 0.4) is 0 Å². The Balaban J connectivity index is 0.00000185. The second-order valence-corrected chi connectivity index (χ2v) is 8.54. The molecule has 0 aliphatic heterocycles. The Morgan fingerprint density at radius 1 is 1.26 bits per heavy atom. The van der Waals surface area contributed by atoms with Crippen molar-refractivity contribution in [3.05, 3.63) is 65.8 Å². The maximum Gasteiger partial charge on any atom is 0.168 e. The lowest BCUT2D eigenvalue weighted by atomic mass is 10.0. The molecule has 1 aromatic heterocycles. The van der Waals surface area contributed by atoms with Crippen LogP contribution in [0.25, 0.3) is 0 Å². The molecule has 2 aromatic rings. The Labute approximate surface area is 235 Å². The number of methoxy groups -OCH3 is 1. The van der Waals surface area contributed by atoms with Crippen molar-refractivity contribution in [3.8, 4) is 5.75 Å². The summed E-state index contributed by atoms with van der Waals surface area (Å²) < 4.78 is 21.4. The van der Waals surface area contributed by atoms with Crippen LogP contribution in [0.4, 0.5) is 10.1 Å². The number of hydrogen-bond acceptors (Lipinski definition) is 7. The molecule has 2 N–H and O–H groups in total. The number of carbonyl (C=O) groups excluding carboxylic acids is 1. The highest BCUT2D eigenvalue weighted by Gasteiger charge is 2.11. The molecule has 0 radical (unpaired) electrons. The van der Waals surface area contributed by atoms with Crippen molar-refractivity contribution in [3.63, 3.8) is 0 Å². The first-order valence-electron chi connectivity index (χ1n) is 13.5. The molecule has 218 valence electrons. The summed E-state index contributed by atoms with van der Waals surface area (Å²) in [5.41, 5.74) is 2.75. The van der Waals surface area contributed by atoms with E-state index in [2.05, 4.69) is 53.0 Å². The van der Waals surface area contributed by atoms with Gasteiger partial charge >= 0.3 is 0 Å². The molecule has 0 bridgehead atoms. The van der Waals surface area contributed by atoms with Gasteiger partial charge in [-0.3, -0.25) is 14.5 Å². The van der Waals surface area contributed by atoms with Crippen LogP contribution in [-0.4, -0.2) is 74.7 Å². The van der Waals surface area contributed by atoms with E-state index >= 15 is 0 Å². The number of aryl methyl sites for hydroxylation is 1. The zero-order valence-corrected chi connectivity index (χ0v) is 25.0. The lowest BCUT2D eigenvalue weighted by Gasteiger charge is -2.17. The monoisotopic (exact) mass is 544 g/mol. The maximum absolute atomic E-state index is 14.5. The third-order valence-corrected chi connectivity index (χ3v) is 5.64. The summed E-state index contributed by atoms with van der Waals surface area (Å²) in [5, 5.41) is 10.4. The van der Waals surface area contributed by atoms with Gasteiger partial charge in [0.25, 0.3) is 0 Å². The molecule has 1 heterocycles. The molecular weight excluding hydrogens is 495 g/mol. The molecule has 0 fully saturated rings. The molecule has 0 aliphatic rings. The van der Waals surface area contributed by atoms with Gasteiger partial charge in [-0.25, -0.2) is 4.39 Å². The number of allylic oxidation sites excluding steroid dienone is 3. The highest BCUT2D eigenvalue weighted by Crippen LogP contribution is 2.24. The average Bonchev–Trinajstić information content (AvgIpc) is 3.42. The number of ether oxygens (including phenoxy) is 1. The molecular formula is C30H49FN6O2. The Morgan fingerprint density at radius 3 is 2.46 bits per heavy atom. The van der Waals surface area contributed by atoms with Crippen LogP contribution >= 0.6 is 0 Å². The lowest BCUT2D eigenvalue weighted by Crippen LogP contribution is -2.27. The SMILES string of the molecule is C/C=C(\C=N/CNc1cnn(CCN(CC)CC)c1)CCc1cc(C=O)cc(OC)c1F.C=CCC.CNC. The number of aldehydes is 1. The first-order valence-corrected chi connectivity index (χ1v) is 13.5. The fourth-order valence-corrected chi connectivity index (χ4v) is 3.30. The first-order chi connectivity index (χ1) is 18.9. The van der Waals surface area contributed by atoms with Gasteiger partial charge in [-0.2, -0.15) is 5.10 Å². The van der Waals surface area contributed by atoms with E-state index in [1.54, 1.807) is 18.5 Å². The van der Waals surface area contributed by atoms with E-state index in [4.69, 9.17) is 4.74 Å². The number of hydrogen-bond donors (Lipinski definition) is 2. The van der Waals surface area contributed by atoms with E-state index < -0.39 is 5.82 Å². The smallest absolute Gasteiger partial charge is 0.168 e. The number of nitrogens with zero attached hydrogens (tertiary/aromatic N) is 4. The predicted octanol–water partition coefficient (Wildman–Crippen LogP) is 5.62. The van der Waals surface area contributed by atoms with Gasteiger partial charge in [-0.05, 0) is 76.6 Å². The van der Waals surface area contributed by atoms with Crippen LogP contribution in [0, 0.1) is 5.82 Å². The Hall–Kier alpha value is -3.30. The van der Waals surface area contributed by atoms with E-state index in [-0.39, 0.29) is 5.75 Å². The van der Waals surface area contributed by atoms with Crippen LogP contribution in [0.2, 0.25) is 0 Å². The fraction of sp³-hybridized carbons (Fsp3) is 0.500. The minimum absolute atomic E-state index is 0.0853. The zero-order valence-electron chi connectivity index (χ0n) is 25.0. The largest absolute Gasteiger partial charge is 0.494 e. The average molecular weight is 545 g/mol. The van der Waals surface area contributed by atoms with Crippen molar-refractivity contribution in [1.29, 1.82) is 0 Å². The van der Waals surface area contributed by atoms with Crippen LogP contribution < -0.4 is 15.4 Å². The number of aromatic nitrogens is 2. The molecule has 0 saturated carbocycles. The van der Waals surface area contributed by atoms with Crippen molar-refractivity contribution >= 4 is 18.2 Å². The number of aliphatic imine (C=N–C) groups is 1. The van der Waals surface area contributed by atoms with Crippen molar-refractivity contribution < 1.29 is 13.9 Å². The van der Waals surface area contributed by atoms with Gasteiger partial charge in [0.1, 0.15) is 13.0 Å². The van der Waals surface area contributed by atoms with Crippen molar-refractivity contribution in [2.45, 2.75) is 53.5 Å². The zero-order chi connectivity index (χ0) is 29.5. The van der Waals surface area contributed by atoms with Crippen molar-refractivity contribution in [2.75, 3.05) is 52.8 Å². The van der Waals surface area contributed by atoms with E-state index in [9.17, 15) is 9.18 Å². The van der Waals surface area contributed by atoms with E-state index in [0.29, 0.717) is 36.9 Å². The molecule has 0 saturated heterocycles. The minimum atomic E-state index is -0.426. The molecule has 0 amide bonds. The van der Waals surface area contributed by atoms with Gasteiger partial charge in [0, 0.05) is 24.5 Å². The van der Waals surface area contributed by atoms with Crippen LogP contribution in [0.15, 0.2) is 53.8 Å². The summed E-state index contributed by atoms with van der Waals surface area (Å²) in [6.45, 7) is 16.1. The molecule has 0 atom stereocenters. The summed E-state index contributed by atoms with van der Waals surface area (Å²) in [6, 6.07) is 2.97. The second-order valence-electron chi connectivity index (χ2n) is 8.54. The molecule has 0 aliphatic carbocycles. The molecule has 1 aromatic carbocycles. The van der Waals surface area contributed by atoms with E-state index in [1.165, 1.54) is 13.2 Å². The van der Waals surface area contributed by atoms with Gasteiger partial charge in [0.15, 0.2) is 11.6 Å². The van der Waals surface area contributed by atoms with Gasteiger partial charge in [0.2, 0.25) is 0 Å². The summed E-state index contributed by atoms with van der Waals surface area (Å²) in [5.74, 6) is -0.340. The topological polar surface area (TPSA) is 83.8 Å². The first kappa shape index (κ1) is 35.7. The number of carbonyl (C=O) groups is 1. The number of benzene rings is 1. The van der Waals surface area contributed by atoms with Gasteiger partial charge in [-0.15, -0.1) is 6.58 Å². The number of halogens is 1. The summed E-state index contributed by atoms with van der Waals surface area (Å²) in [6.07, 6.45) is 12.2. The Bertz CT molecular complexity index is 999. The summed E-state index contributed by atoms with van der Waals surface area (Å²) >= 11 is 0. The van der Waals surface area contributed by atoms with Crippen LogP contribution in [-0.2, 0) is 13.0 Å². The van der Waals surface area contributed by atoms with Gasteiger partial charge < -0.3 is 20.3 Å². The number of nitrogens with one attached hydrogen (secondary N) is 2. The quantitative estimate of drug-likeness (QED) is 0.172. The number of likely N-dealkylation sites (N-methyl/N-ethyl adjacent to an activating group) is 1. The minimum Gasteiger partial charge on any atom is -0.494 e. The summed E-state index contributed by atoms with van der Waals surface area (Å²) in [4.78, 5) is 17.9. The Morgan fingerprint density at radius 2 is 1.92 bits per heavy atom. The Kier molecular flexibility index (Phi) is 20.7. The highest BCUT2D eigenvalue weighted by molar-refractivity contribution is 5.79. The molecule has 0 unspecified atom stereocenters. The van der Waals surface area contributed by atoms with Crippen LogP contribution in [0.5, 0.6) is 5.75 Å². The van der Waals surface area contributed by atoms with Crippen molar-refractivity contribution in [1.82, 2.24) is 20.0 Å². The van der Waals surface area contributed by atoms with Crippen LogP contribution in [0.1, 0.15) is 56.5 Å². The number of anilines is 1. The van der Waals surface area contributed by atoms with Crippen molar-refractivity contribution in [2.24, 2.45) is 4.99 Å². The standard InChI is InChI=1S/C24H34FN5O2.C4H8.C2H7N/c1-5-19(8-9-21-12-20(17-31)13-23(32-4)24(21)25)14-26-18-27-22-15-28-30(16-22)11-10-29(6-2)7-3;1-3-4-2;1-3-2/h5,12-17,27H,6-11,18H2,1-4H3;3H,1,4H2,2H3;3H,1-2H3/b19-5-,26-14-;;. The predicted molar refractivity (Wildman–Crippen MR) is 163 cm³/mol.